The Bertz CT molecular complexity index is 430. The lowest BCUT2D eigenvalue weighted by atomic mass is 10.2. The minimum Gasteiger partial charge on any atom is -0.481 e. The Balaban J connectivity index is 3.75. The van der Waals surface area contributed by atoms with Crippen molar-refractivity contribution in [3.8, 4) is 6.07 Å². The van der Waals surface area contributed by atoms with E-state index in [-0.39, 0.29) is 12.0 Å². The lowest BCUT2D eigenvalue weighted by Crippen LogP contribution is -2.27. The van der Waals surface area contributed by atoms with Gasteiger partial charge in [-0.25, -0.2) is 0 Å². The summed E-state index contributed by atoms with van der Waals surface area (Å²) >= 11 is 0. The van der Waals surface area contributed by atoms with Gasteiger partial charge >= 0.3 is 5.97 Å². The van der Waals surface area contributed by atoms with Crippen LogP contribution in [0.15, 0.2) is 11.8 Å². The highest BCUT2D eigenvalue weighted by Gasteiger charge is 2.07. The van der Waals surface area contributed by atoms with Gasteiger partial charge in [0.05, 0.1) is 0 Å². The van der Waals surface area contributed by atoms with Crippen molar-refractivity contribution in [2.45, 2.75) is 51.9 Å². The van der Waals surface area contributed by atoms with Crippen LogP contribution in [0.25, 0.3) is 0 Å². The predicted molar refractivity (Wildman–Crippen MR) is 91.2 cm³/mol. The van der Waals surface area contributed by atoms with E-state index in [1.807, 2.05) is 6.07 Å². The predicted octanol–water partition coefficient (Wildman–Crippen LogP) is 1.95. The zero-order valence-electron chi connectivity index (χ0n) is 14.5. The second-order valence-electron chi connectivity index (χ2n) is 5.40. The monoisotopic (exact) mass is 339 g/mol. The molecule has 0 rings (SSSR count). The third-order valence-corrected chi connectivity index (χ3v) is 3.22. The molecule has 0 radical (unpaired) electrons. The third-order valence-electron chi connectivity index (χ3n) is 3.22. The number of nitrogens with zero attached hydrogens (tertiary/aromatic N) is 1. The number of carbonyl (C=O) groups is 2. The quantitative estimate of drug-likeness (QED) is 0.239. The molecule has 0 bridgehead atoms. The van der Waals surface area contributed by atoms with Crippen molar-refractivity contribution in [1.82, 2.24) is 10.6 Å². The van der Waals surface area contributed by atoms with Gasteiger partial charge in [0.1, 0.15) is 11.6 Å². The summed E-state index contributed by atoms with van der Waals surface area (Å²) in [6, 6.07) is 1.87. The average molecular weight is 339 g/mol. The van der Waals surface area contributed by atoms with Gasteiger partial charge in [-0.15, -0.1) is 0 Å². The third kappa shape index (κ3) is 13.6. The molecule has 7 nitrogen and oxygen atoms in total. The van der Waals surface area contributed by atoms with Crippen LogP contribution in [-0.4, -0.2) is 43.3 Å². The number of hydrogen-bond acceptors (Lipinski definition) is 5. The van der Waals surface area contributed by atoms with Crippen LogP contribution in [0.4, 0.5) is 0 Å². The Morgan fingerprint density at radius 3 is 2.54 bits per heavy atom. The first-order chi connectivity index (χ1) is 11.6. The summed E-state index contributed by atoms with van der Waals surface area (Å²) < 4.78 is 5.39. The first kappa shape index (κ1) is 21.9. The molecule has 0 saturated heterocycles. The van der Waals surface area contributed by atoms with Crippen molar-refractivity contribution in [2.24, 2.45) is 0 Å². The number of amides is 1. The van der Waals surface area contributed by atoms with Crippen LogP contribution in [0.2, 0.25) is 0 Å². The van der Waals surface area contributed by atoms with Crippen molar-refractivity contribution < 1.29 is 19.4 Å². The molecule has 0 fully saturated rings. The van der Waals surface area contributed by atoms with E-state index in [9.17, 15) is 9.59 Å². The minimum atomic E-state index is -0.790. The molecular weight excluding hydrogens is 310 g/mol. The maximum Gasteiger partial charge on any atom is 0.303 e. The van der Waals surface area contributed by atoms with E-state index in [0.29, 0.717) is 32.5 Å². The summed E-state index contributed by atoms with van der Waals surface area (Å²) in [4.78, 5) is 22.2. The highest BCUT2D eigenvalue weighted by molar-refractivity contribution is 5.97. The van der Waals surface area contributed by atoms with Crippen LogP contribution >= 0.6 is 0 Å². The molecule has 0 saturated carbocycles. The normalized spacial score (nSPS) is 10.9. The van der Waals surface area contributed by atoms with E-state index in [1.54, 1.807) is 0 Å². The molecule has 0 aliphatic heterocycles. The molecule has 3 N–H and O–H groups in total. The maximum atomic E-state index is 11.8. The Labute approximate surface area is 144 Å². The van der Waals surface area contributed by atoms with Crippen LogP contribution in [0.3, 0.4) is 0 Å². The number of nitrogens with one attached hydrogen (secondary N) is 2. The van der Waals surface area contributed by atoms with Gasteiger partial charge in [0.2, 0.25) is 0 Å². The fourth-order valence-electron chi connectivity index (χ4n) is 1.82. The van der Waals surface area contributed by atoms with Crippen LogP contribution in [0, 0.1) is 11.3 Å². The van der Waals surface area contributed by atoms with E-state index in [1.165, 1.54) is 6.20 Å². The van der Waals surface area contributed by atoms with Crippen LogP contribution in [-0.2, 0) is 14.3 Å². The van der Waals surface area contributed by atoms with Crippen molar-refractivity contribution >= 4 is 11.9 Å². The standard InChI is InChI=1S/C17H29N3O4/c1-2-3-11-24-12-7-10-20-17(23)15(13-18)14-19-9-6-4-5-8-16(21)22/h14,19H,2-12H2,1H3,(H,20,23)(H,21,22)/b15-14-. The molecule has 0 heterocycles. The Hall–Kier alpha value is -2.07. The van der Waals surface area contributed by atoms with Crippen molar-refractivity contribution in [3.63, 3.8) is 0 Å². The first-order valence-corrected chi connectivity index (χ1v) is 8.53. The molecule has 0 unspecified atom stereocenters. The number of unbranched alkanes of at least 4 members (excludes halogenated alkanes) is 3. The van der Waals surface area contributed by atoms with E-state index in [0.717, 1.165) is 32.3 Å². The maximum absolute atomic E-state index is 11.8. The van der Waals surface area contributed by atoms with E-state index < -0.39 is 11.9 Å². The van der Waals surface area contributed by atoms with Crippen LogP contribution < -0.4 is 10.6 Å². The van der Waals surface area contributed by atoms with Crippen LogP contribution in [0.1, 0.15) is 51.9 Å². The molecule has 136 valence electrons. The first-order valence-electron chi connectivity index (χ1n) is 8.53. The molecule has 0 aliphatic rings. The Kier molecular flexibility index (Phi) is 14.4. The van der Waals surface area contributed by atoms with Gasteiger partial charge in [0.15, 0.2) is 0 Å². The number of carboxylic acid groups (broad SMARTS) is 1. The van der Waals surface area contributed by atoms with E-state index >= 15 is 0 Å². The fraction of sp³-hybridized carbons (Fsp3) is 0.706. The Morgan fingerprint density at radius 2 is 1.88 bits per heavy atom. The van der Waals surface area contributed by atoms with Crippen molar-refractivity contribution in [3.05, 3.63) is 11.8 Å². The van der Waals surface area contributed by atoms with E-state index in [4.69, 9.17) is 15.1 Å². The summed E-state index contributed by atoms with van der Waals surface area (Å²) in [5.41, 5.74) is 0.0347. The van der Waals surface area contributed by atoms with Gasteiger partial charge in [-0.2, -0.15) is 5.26 Å². The summed E-state index contributed by atoms with van der Waals surface area (Å²) in [6.45, 7) is 4.51. The highest BCUT2D eigenvalue weighted by Crippen LogP contribution is 1.99. The summed E-state index contributed by atoms with van der Waals surface area (Å²) in [7, 11) is 0. The van der Waals surface area contributed by atoms with Crippen molar-refractivity contribution in [2.75, 3.05) is 26.3 Å². The molecule has 7 heteroatoms. The summed E-state index contributed by atoms with van der Waals surface area (Å²) in [5.74, 6) is -1.19. The second kappa shape index (κ2) is 15.8. The largest absolute Gasteiger partial charge is 0.481 e. The second-order valence-corrected chi connectivity index (χ2v) is 5.40. The summed E-state index contributed by atoms with van der Waals surface area (Å²) in [6.07, 6.45) is 6.64. The smallest absolute Gasteiger partial charge is 0.303 e. The fourth-order valence-corrected chi connectivity index (χ4v) is 1.82. The van der Waals surface area contributed by atoms with Crippen LogP contribution in [0.5, 0.6) is 0 Å². The number of nitriles is 1. The van der Waals surface area contributed by atoms with Gasteiger partial charge in [0, 0.05) is 38.9 Å². The zero-order valence-corrected chi connectivity index (χ0v) is 14.5. The molecule has 0 aromatic rings. The lowest BCUT2D eigenvalue weighted by molar-refractivity contribution is -0.137. The minimum absolute atomic E-state index is 0.0347. The molecule has 0 aliphatic carbocycles. The SMILES string of the molecule is CCCCOCCCNC(=O)/C(C#N)=C\NCCCCCC(=O)O. The molecular formula is C17H29N3O4. The van der Waals surface area contributed by atoms with Gasteiger partial charge in [-0.05, 0) is 25.7 Å². The number of carboxylic acids is 1. The lowest BCUT2D eigenvalue weighted by Gasteiger charge is -2.06. The van der Waals surface area contributed by atoms with Gasteiger partial charge in [-0.1, -0.05) is 19.8 Å². The van der Waals surface area contributed by atoms with Gasteiger partial charge in [-0.3, -0.25) is 9.59 Å². The number of carbonyl (C=O) groups excluding carboxylic acids is 1. The van der Waals surface area contributed by atoms with Gasteiger partial charge in [0.25, 0.3) is 5.91 Å². The molecule has 0 aromatic heterocycles. The van der Waals surface area contributed by atoms with E-state index in [2.05, 4.69) is 17.6 Å². The molecule has 0 atom stereocenters. The number of rotatable bonds is 15. The molecule has 1 amide bonds. The number of ether oxygens (including phenoxy) is 1. The molecule has 0 aromatic carbocycles. The number of hydrogen-bond donors (Lipinski definition) is 3. The highest BCUT2D eigenvalue weighted by atomic mass is 16.5. The Morgan fingerprint density at radius 1 is 1.12 bits per heavy atom. The molecule has 0 spiro atoms. The molecule has 24 heavy (non-hydrogen) atoms. The van der Waals surface area contributed by atoms with Crippen molar-refractivity contribution in [1.29, 1.82) is 5.26 Å². The zero-order chi connectivity index (χ0) is 18.0. The van der Waals surface area contributed by atoms with Gasteiger partial charge < -0.3 is 20.5 Å². The number of aliphatic carboxylic acids is 1. The topological polar surface area (TPSA) is 111 Å². The summed E-state index contributed by atoms with van der Waals surface area (Å²) in [5, 5.41) is 23.1. The average Bonchev–Trinajstić information content (AvgIpc) is 2.56.